The largest absolute Gasteiger partial charge is 0.357 e. The number of hydrogen-bond acceptors (Lipinski definition) is 4. The molecule has 0 saturated heterocycles. The predicted molar refractivity (Wildman–Crippen MR) is 115 cm³/mol. The van der Waals surface area contributed by atoms with Crippen LogP contribution in [0.15, 0.2) is 10.4 Å². The minimum absolute atomic E-state index is 0. The van der Waals surface area contributed by atoms with Gasteiger partial charge in [0.25, 0.3) is 0 Å². The molecule has 1 aromatic rings. The number of nitrogens with one attached hydrogen (secondary N) is 2. The first-order valence-electron chi connectivity index (χ1n) is 8.14. The highest BCUT2D eigenvalue weighted by Gasteiger charge is 2.24. The molecule has 2 N–H and O–H groups in total. The van der Waals surface area contributed by atoms with E-state index in [-0.39, 0.29) is 24.0 Å². The zero-order chi connectivity index (χ0) is 15.9. The van der Waals surface area contributed by atoms with Gasteiger partial charge in [-0.25, -0.2) is 9.98 Å². The Morgan fingerprint density at radius 1 is 1.48 bits per heavy atom. The van der Waals surface area contributed by atoms with Gasteiger partial charge in [0.2, 0.25) is 0 Å². The first kappa shape index (κ1) is 21.0. The molecule has 1 saturated carbocycles. The van der Waals surface area contributed by atoms with Gasteiger partial charge < -0.3 is 10.6 Å². The van der Waals surface area contributed by atoms with Crippen LogP contribution in [-0.4, -0.2) is 35.0 Å². The fourth-order valence-corrected chi connectivity index (χ4v) is 4.24. The van der Waals surface area contributed by atoms with E-state index in [1.807, 2.05) is 11.8 Å². The SMILES string of the molecule is CCNC(=NCc1csc(C(C)C)n1)NC1CCC(SC)C1.I. The first-order chi connectivity index (χ1) is 10.6. The lowest BCUT2D eigenvalue weighted by Crippen LogP contribution is -2.42. The molecule has 4 nitrogen and oxygen atoms in total. The molecule has 0 radical (unpaired) electrons. The number of halogens is 1. The summed E-state index contributed by atoms with van der Waals surface area (Å²) in [6, 6.07) is 0.553. The molecule has 1 aliphatic carbocycles. The van der Waals surface area contributed by atoms with Crippen LogP contribution in [0.1, 0.15) is 56.7 Å². The molecule has 0 aliphatic heterocycles. The number of aliphatic imine (C=N–C) groups is 1. The minimum atomic E-state index is 0. The van der Waals surface area contributed by atoms with Crippen molar-refractivity contribution in [3.8, 4) is 0 Å². The van der Waals surface area contributed by atoms with E-state index in [0.717, 1.165) is 23.4 Å². The highest BCUT2D eigenvalue weighted by Crippen LogP contribution is 2.28. The molecule has 2 unspecified atom stereocenters. The number of thioether (sulfide) groups is 1. The Kier molecular flexibility index (Phi) is 9.84. The van der Waals surface area contributed by atoms with Gasteiger partial charge in [0.05, 0.1) is 17.2 Å². The van der Waals surface area contributed by atoms with Crippen LogP contribution in [0.25, 0.3) is 0 Å². The lowest BCUT2D eigenvalue weighted by Gasteiger charge is -2.17. The molecule has 0 aromatic carbocycles. The van der Waals surface area contributed by atoms with Gasteiger partial charge in [-0.1, -0.05) is 13.8 Å². The maximum atomic E-state index is 4.70. The fraction of sp³-hybridized carbons (Fsp3) is 0.750. The second kappa shape index (κ2) is 10.8. The van der Waals surface area contributed by atoms with Crippen LogP contribution in [0.4, 0.5) is 0 Å². The summed E-state index contributed by atoms with van der Waals surface area (Å²) >= 11 is 3.72. The minimum Gasteiger partial charge on any atom is -0.357 e. The number of rotatable bonds is 6. The summed E-state index contributed by atoms with van der Waals surface area (Å²) in [4.78, 5) is 9.35. The van der Waals surface area contributed by atoms with E-state index < -0.39 is 0 Å². The van der Waals surface area contributed by atoms with Gasteiger partial charge in [-0.3, -0.25) is 0 Å². The Balaban J connectivity index is 0.00000264. The molecule has 2 rings (SSSR count). The van der Waals surface area contributed by atoms with Crippen LogP contribution >= 0.6 is 47.1 Å². The topological polar surface area (TPSA) is 49.3 Å². The van der Waals surface area contributed by atoms with Crippen LogP contribution < -0.4 is 10.6 Å². The van der Waals surface area contributed by atoms with Crippen molar-refractivity contribution in [2.45, 2.75) is 63.8 Å². The average Bonchev–Trinajstić information content (AvgIpc) is 3.14. The van der Waals surface area contributed by atoms with Gasteiger partial charge in [0.1, 0.15) is 0 Å². The maximum Gasteiger partial charge on any atom is 0.191 e. The second-order valence-electron chi connectivity index (χ2n) is 6.04. The van der Waals surface area contributed by atoms with E-state index in [1.54, 1.807) is 11.3 Å². The number of thiazole rings is 1. The molecular formula is C16H29IN4S2. The van der Waals surface area contributed by atoms with E-state index in [1.165, 1.54) is 24.3 Å². The summed E-state index contributed by atoms with van der Waals surface area (Å²) in [6.45, 7) is 8.01. The third-order valence-corrected chi connectivity index (χ3v) is 6.15. The van der Waals surface area contributed by atoms with Crippen molar-refractivity contribution in [1.82, 2.24) is 15.6 Å². The molecule has 1 heterocycles. The molecule has 1 fully saturated rings. The van der Waals surface area contributed by atoms with Crippen LogP contribution in [0.2, 0.25) is 0 Å². The lowest BCUT2D eigenvalue weighted by molar-refractivity contribution is 0.614. The van der Waals surface area contributed by atoms with E-state index >= 15 is 0 Å². The van der Waals surface area contributed by atoms with Crippen molar-refractivity contribution in [1.29, 1.82) is 0 Å². The third kappa shape index (κ3) is 6.78. The molecule has 23 heavy (non-hydrogen) atoms. The lowest BCUT2D eigenvalue weighted by atomic mass is 10.2. The highest BCUT2D eigenvalue weighted by molar-refractivity contribution is 14.0. The number of aromatic nitrogens is 1. The Labute approximate surface area is 165 Å². The van der Waals surface area contributed by atoms with E-state index in [9.17, 15) is 0 Å². The monoisotopic (exact) mass is 468 g/mol. The molecule has 1 aromatic heterocycles. The van der Waals surface area contributed by atoms with Gasteiger partial charge in [-0.2, -0.15) is 11.8 Å². The molecule has 7 heteroatoms. The van der Waals surface area contributed by atoms with Crippen molar-refractivity contribution in [2.75, 3.05) is 12.8 Å². The van der Waals surface area contributed by atoms with Crippen LogP contribution in [-0.2, 0) is 6.54 Å². The van der Waals surface area contributed by atoms with Crippen molar-refractivity contribution in [3.05, 3.63) is 16.1 Å². The second-order valence-corrected chi connectivity index (χ2v) is 8.07. The zero-order valence-electron chi connectivity index (χ0n) is 14.5. The Morgan fingerprint density at radius 3 is 2.83 bits per heavy atom. The Morgan fingerprint density at radius 2 is 2.26 bits per heavy atom. The van der Waals surface area contributed by atoms with Gasteiger partial charge in [0.15, 0.2) is 5.96 Å². The summed E-state index contributed by atoms with van der Waals surface area (Å²) < 4.78 is 0. The van der Waals surface area contributed by atoms with Crippen LogP contribution in [0.5, 0.6) is 0 Å². The molecule has 1 aliphatic rings. The highest BCUT2D eigenvalue weighted by atomic mass is 127. The normalized spacial score (nSPS) is 21.3. The summed E-state index contributed by atoms with van der Waals surface area (Å²) in [5.74, 6) is 1.42. The number of guanidine groups is 1. The average molecular weight is 468 g/mol. The van der Waals surface area contributed by atoms with Crippen molar-refractivity contribution in [2.24, 2.45) is 4.99 Å². The van der Waals surface area contributed by atoms with Crippen LogP contribution in [0, 0.1) is 0 Å². The number of hydrogen-bond donors (Lipinski definition) is 2. The fourth-order valence-electron chi connectivity index (χ4n) is 2.62. The molecule has 0 bridgehead atoms. The summed E-state index contributed by atoms with van der Waals surface area (Å²) in [5.41, 5.74) is 1.07. The van der Waals surface area contributed by atoms with Crippen molar-refractivity contribution >= 4 is 53.0 Å². The zero-order valence-corrected chi connectivity index (χ0v) is 18.4. The summed E-state index contributed by atoms with van der Waals surface area (Å²) in [7, 11) is 0. The number of nitrogens with zero attached hydrogens (tertiary/aromatic N) is 2. The van der Waals surface area contributed by atoms with Crippen molar-refractivity contribution < 1.29 is 0 Å². The van der Waals surface area contributed by atoms with Gasteiger partial charge in [0, 0.05) is 29.1 Å². The summed E-state index contributed by atoms with van der Waals surface area (Å²) in [6.07, 6.45) is 5.99. The third-order valence-electron chi connectivity index (χ3n) is 3.87. The van der Waals surface area contributed by atoms with Crippen LogP contribution in [0.3, 0.4) is 0 Å². The Bertz CT molecular complexity index is 490. The first-order valence-corrected chi connectivity index (χ1v) is 10.3. The molecule has 0 spiro atoms. The van der Waals surface area contributed by atoms with Gasteiger partial charge >= 0.3 is 0 Å². The van der Waals surface area contributed by atoms with Crippen molar-refractivity contribution in [3.63, 3.8) is 0 Å². The van der Waals surface area contributed by atoms with E-state index in [4.69, 9.17) is 4.99 Å². The van der Waals surface area contributed by atoms with Gasteiger partial charge in [-0.15, -0.1) is 35.3 Å². The van der Waals surface area contributed by atoms with E-state index in [2.05, 4.69) is 48.0 Å². The van der Waals surface area contributed by atoms with E-state index in [0.29, 0.717) is 18.5 Å². The quantitative estimate of drug-likeness (QED) is 0.373. The smallest absolute Gasteiger partial charge is 0.191 e. The maximum absolute atomic E-state index is 4.70. The standard InChI is InChI=1S/C16H28N4S2.HI/c1-5-17-16(20-12-6-7-14(8-12)21-4)18-9-13-10-22-15(19-13)11(2)3;/h10-12,14H,5-9H2,1-4H3,(H2,17,18,20);1H. The molecular weight excluding hydrogens is 439 g/mol. The Hall–Kier alpha value is -0.0200. The summed E-state index contributed by atoms with van der Waals surface area (Å²) in [5, 5.41) is 11.1. The molecule has 132 valence electrons. The van der Waals surface area contributed by atoms with Gasteiger partial charge in [-0.05, 0) is 32.4 Å². The molecule has 2 atom stereocenters. The predicted octanol–water partition coefficient (Wildman–Crippen LogP) is 4.22. The molecule has 0 amide bonds.